The van der Waals surface area contributed by atoms with Gasteiger partial charge in [-0.1, -0.05) is 0 Å². The molecule has 1 aromatic carbocycles. The van der Waals surface area contributed by atoms with Crippen molar-refractivity contribution in [2.45, 2.75) is 43.6 Å². The zero-order valence-electron chi connectivity index (χ0n) is 18.2. The molecule has 172 valence electrons. The summed E-state index contributed by atoms with van der Waals surface area (Å²) < 4.78 is 31.0. The summed E-state index contributed by atoms with van der Waals surface area (Å²) >= 11 is 0. The predicted octanol–water partition coefficient (Wildman–Crippen LogP) is 2.42. The quantitative estimate of drug-likeness (QED) is 0.625. The number of hydrogen-bond donors (Lipinski definition) is 2. The summed E-state index contributed by atoms with van der Waals surface area (Å²) in [6, 6.07) is 3.46. The zero-order chi connectivity index (χ0) is 23.3. The Hall–Kier alpha value is -3.40. The van der Waals surface area contributed by atoms with Gasteiger partial charge in [-0.2, -0.15) is 0 Å². The molecule has 2 aromatic heterocycles. The Morgan fingerprint density at radius 2 is 1.94 bits per heavy atom. The number of aromatic nitrogens is 4. The van der Waals surface area contributed by atoms with Crippen molar-refractivity contribution >= 4 is 5.82 Å². The van der Waals surface area contributed by atoms with Crippen LogP contribution in [0.3, 0.4) is 0 Å². The number of halogens is 2. The molecule has 0 amide bonds. The first-order chi connectivity index (χ1) is 15.8. The fourth-order valence-corrected chi connectivity index (χ4v) is 4.73. The number of aromatic hydroxyl groups is 1. The van der Waals surface area contributed by atoms with Crippen LogP contribution in [0.15, 0.2) is 41.7 Å². The van der Waals surface area contributed by atoms with Gasteiger partial charge in [0.05, 0.1) is 36.2 Å². The Kier molecular flexibility index (Phi) is 5.32. The van der Waals surface area contributed by atoms with Crippen molar-refractivity contribution in [3.63, 3.8) is 0 Å². The third-order valence-electron chi connectivity index (χ3n) is 6.67. The van der Waals surface area contributed by atoms with E-state index in [0.717, 1.165) is 18.9 Å². The van der Waals surface area contributed by atoms with E-state index in [1.807, 2.05) is 0 Å². The van der Waals surface area contributed by atoms with Gasteiger partial charge in [-0.3, -0.25) is 9.78 Å². The minimum Gasteiger partial charge on any atom is -0.507 e. The molecule has 3 aromatic rings. The highest BCUT2D eigenvalue weighted by molar-refractivity contribution is 5.73. The van der Waals surface area contributed by atoms with E-state index in [1.165, 1.54) is 35.4 Å². The number of piperidine rings is 1. The number of alkyl halides is 1. The van der Waals surface area contributed by atoms with Gasteiger partial charge in [-0.15, -0.1) is 0 Å². The maximum Gasteiger partial charge on any atom is 0.253 e. The number of phenols is 1. The second kappa shape index (κ2) is 8.18. The lowest BCUT2D eigenvalue weighted by molar-refractivity contribution is 0.176. The van der Waals surface area contributed by atoms with Crippen molar-refractivity contribution in [3.05, 3.63) is 53.1 Å². The molecule has 0 saturated carbocycles. The Morgan fingerprint density at radius 3 is 2.67 bits per heavy atom. The van der Waals surface area contributed by atoms with Crippen molar-refractivity contribution in [2.75, 3.05) is 11.9 Å². The summed E-state index contributed by atoms with van der Waals surface area (Å²) in [5.41, 5.74) is 0.218. The lowest BCUT2D eigenvalue weighted by Crippen LogP contribution is -2.55. The Morgan fingerprint density at radius 1 is 1.12 bits per heavy atom. The summed E-state index contributed by atoms with van der Waals surface area (Å²) in [5.74, 6) is -0.367. The zero-order valence-corrected chi connectivity index (χ0v) is 18.2. The third-order valence-corrected chi connectivity index (χ3v) is 6.67. The van der Waals surface area contributed by atoms with Crippen LogP contribution in [0, 0.1) is 5.82 Å². The molecular formula is C23H24F2N6O2. The first-order valence-corrected chi connectivity index (χ1v) is 10.8. The Bertz CT molecular complexity index is 1250. The molecule has 4 heterocycles. The molecule has 0 radical (unpaired) electrons. The highest BCUT2D eigenvalue weighted by Gasteiger charge is 2.43. The van der Waals surface area contributed by atoms with Crippen molar-refractivity contribution in [1.29, 1.82) is 0 Å². The average molecular weight is 454 g/mol. The largest absolute Gasteiger partial charge is 0.507 e. The SMILES string of the molecule is CN(c1cnc(-c2cc(F)c(-c3cc(=O)n(C)cn3)cc2O)cn1)[C@H]1CC2CCC(N2)[C@H]1F. The van der Waals surface area contributed by atoms with Crippen LogP contribution in [0.1, 0.15) is 19.3 Å². The van der Waals surface area contributed by atoms with Crippen LogP contribution >= 0.6 is 0 Å². The molecule has 33 heavy (non-hydrogen) atoms. The molecule has 2 saturated heterocycles. The van der Waals surface area contributed by atoms with Crippen molar-refractivity contribution in [1.82, 2.24) is 24.8 Å². The number of aryl methyl sites for hydroxylation is 1. The van der Waals surface area contributed by atoms with E-state index >= 15 is 0 Å². The molecule has 0 spiro atoms. The van der Waals surface area contributed by atoms with Crippen LogP contribution in [-0.4, -0.2) is 56.0 Å². The normalized spacial score (nSPS) is 24.1. The van der Waals surface area contributed by atoms with E-state index in [4.69, 9.17) is 0 Å². The van der Waals surface area contributed by atoms with Crippen LogP contribution in [0.5, 0.6) is 5.75 Å². The molecule has 0 aliphatic carbocycles. The third kappa shape index (κ3) is 3.84. The molecule has 2 fully saturated rings. The first-order valence-electron chi connectivity index (χ1n) is 10.8. The fourth-order valence-electron chi connectivity index (χ4n) is 4.73. The summed E-state index contributed by atoms with van der Waals surface area (Å²) in [4.78, 5) is 26.4. The second-order valence-corrected chi connectivity index (χ2v) is 8.74. The maximum atomic E-state index is 14.9. The van der Waals surface area contributed by atoms with Gasteiger partial charge in [-0.25, -0.2) is 18.7 Å². The maximum absolute atomic E-state index is 14.9. The van der Waals surface area contributed by atoms with Gasteiger partial charge in [0.2, 0.25) is 0 Å². The summed E-state index contributed by atoms with van der Waals surface area (Å²) in [5, 5.41) is 13.8. The molecule has 10 heteroatoms. The highest BCUT2D eigenvalue weighted by atomic mass is 19.1. The Balaban J connectivity index is 1.40. The average Bonchev–Trinajstić information content (AvgIpc) is 3.22. The lowest BCUT2D eigenvalue weighted by atomic mass is 9.96. The molecule has 2 bridgehead atoms. The van der Waals surface area contributed by atoms with E-state index in [-0.39, 0.29) is 45.9 Å². The van der Waals surface area contributed by atoms with Gasteiger partial charge in [0.15, 0.2) is 0 Å². The van der Waals surface area contributed by atoms with E-state index in [9.17, 15) is 18.7 Å². The number of phenolic OH excluding ortho intramolecular Hbond substituents is 1. The van der Waals surface area contributed by atoms with E-state index in [0.29, 0.717) is 18.3 Å². The molecule has 5 rings (SSSR count). The number of benzene rings is 1. The van der Waals surface area contributed by atoms with Gasteiger partial charge in [0.25, 0.3) is 5.56 Å². The van der Waals surface area contributed by atoms with Gasteiger partial charge in [-0.05, 0) is 31.4 Å². The number of rotatable bonds is 4. The van der Waals surface area contributed by atoms with Gasteiger partial charge >= 0.3 is 0 Å². The monoisotopic (exact) mass is 454 g/mol. The highest BCUT2D eigenvalue weighted by Crippen LogP contribution is 2.35. The van der Waals surface area contributed by atoms with Crippen LogP contribution in [-0.2, 0) is 7.05 Å². The predicted molar refractivity (Wildman–Crippen MR) is 119 cm³/mol. The molecule has 2 aliphatic heterocycles. The minimum atomic E-state index is -0.996. The van der Waals surface area contributed by atoms with E-state index in [1.54, 1.807) is 19.0 Å². The molecule has 4 atom stereocenters. The first kappa shape index (κ1) is 21.4. The van der Waals surface area contributed by atoms with E-state index < -0.39 is 12.0 Å². The minimum absolute atomic E-state index is 0.00721. The molecule has 2 unspecified atom stereocenters. The number of hydrogen-bond acceptors (Lipinski definition) is 7. The summed E-state index contributed by atoms with van der Waals surface area (Å²) in [6.07, 6.45) is 5.74. The van der Waals surface area contributed by atoms with Crippen molar-refractivity contribution in [2.24, 2.45) is 7.05 Å². The number of nitrogens with one attached hydrogen (secondary N) is 1. The Labute approximate surface area is 189 Å². The molecular weight excluding hydrogens is 430 g/mol. The number of fused-ring (bicyclic) bond motifs is 2. The molecule has 2 aliphatic rings. The van der Waals surface area contributed by atoms with Gasteiger partial charge in [0.1, 0.15) is 23.6 Å². The van der Waals surface area contributed by atoms with Crippen LogP contribution in [0.4, 0.5) is 14.6 Å². The van der Waals surface area contributed by atoms with E-state index in [2.05, 4.69) is 20.3 Å². The van der Waals surface area contributed by atoms with Crippen LogP contribution in [0.25, 0.3) is 22.5 Å². The summed E-state index contributed by atoms with van der Waals surface area (Å²) in [7, 11) is 3.34. The van der Waals surface area contributed by atoms with Crippen LogP contribution in [0.2, 0.25) is 0 Å². The number of anilines is 1. The smallest absolute Gasteiger partial charge is 0.253 e. The standard InChI is InChI=1S/C23H24F2N6O2/c1-30-11-28-17(8-22(30)33)13-7-20(32)14(6-15(13)24)18-9-27-21(10-26-18)31(2)19-5-12-3-4-16(29-12)23(19)25/h6-12,16,19,23,29,32H,3-5H2,1-2H3/t12?,16?,19-,23+/m0/s1. The van der Waals surface area contributed by atoms with Crippen molar-refractivity contribution < 1.29 is 13.9 Å². The summed E-state index contributed by atoms with van der Waals surface area (Å²) in [6.45, 7) is 0. The van der Waals surface area contributed by atoms with Crippen molar-refractivity contribution in [3.8, 4) is 28.3 Å². The van der Waals surface area contributed by atoms with Gasteiger partial charge in [0, 0.05) is 43.4 Å². The topological polar surface area (TPSA) is 96.2 Å². The lowest BCUT2D eigenvalue weighted by Gasteiger charge is -2.38. The molecule has 8 nitrogen and oxygen atoms in total. The number of nitrogens with zero attached hydrogens (tertiary/aromatic N) is 5. The molecule has 2 N–H and O–H groups in total. The van der Waals surface area contributed by atoms with Gasteiger partial charge < -0.3 is 19.9 Å². The second-order valence-electron chi connectivity index (χ2n) is 8.74. The fraction of sp³-hybridized carbons (Fsp3) is 0.391. The van der Waals surface area contributed by atoms with Crippen LogP contribution < -0.4 is 15.8 Å².